The Labute approximate surface area is 134 Å². The molecule has 1 amide bonds. The second-order valence-corrected chi connectivity index (χ2v) is 4.58. The van der Waals surface area contributed by atoms with Gasteiger partial charge in [0.1, 0.15) is 36.2 Å². The molecule has 6 nitrogen and oxygen atoms in total. The number of phenolic OH excluding ortho intramolecular Hbond substituents is 1. The molecule has 0 aliphatic carbocycles. The van der Waals surface area contributed by atoms with Crippen LogP contribution < -0.4 is 14.8 Å². The Hall–Kier alpha value is -2.89. The predicted octanol–water partition coefficient (Wildman–Crippen LogP) is 3.31. The van der Waals surface area contributed by atoms with E-state index in [-0.39, 0.29) is 19.0 Å². The van der Waals surface area contributed by atoms with Crippen LogP contribution in [0.4, 0.5) is 4.79 Å². The predicted molar refractivity (Wildman–Crippen MR) is 85.1 cm³/mol. The molecule has 122 valence electrons. The van der Waals surface area contributed by atoms with Gasteiger partial charge in [-0.3, -0.25) is 0 Å². The second-order valence-electron chi connectivity index (χ2n) is 4.58. The Morgan fingerprint density at radius 1 is 0.957 bits per heavy atom. The first kappa shape index (κ1) is 16.5. The fourth-order valence-electron chi connectivity index (χ4n) is 1.74. The number of hydrogen-bond donors (Lipinski definition) is 2. The summed E-state index contributed by atoms with van der Waals surface area (Å²) in [4.78, 5) is 11.1. The van der Waals surface area contributed by atoms with E-state index in [1.54, 1.807) is 48.5 Å². The summed E-state index contributed by atoms with van der Waals surface area (Å²) in [6.07, 6.45) is -0.450. The van der Waals surface area contributed by atoms with Crippen molar-refractivity contribution in [3.05, 3.63) is 48.5 Å². The third-order valence-corrected chi connectivity index (χ3v) is 2.80. The van der Waals surface area contributed by atoms with E-state index in [4.69, 9.17) is 14.2 Å². The quantitative estimate of drug-likeness (QED) is 0.766. The average molecular weight is 317 g/mol. The van der Waals surface area contributed by atoms with Gasteiger partial charge in [-0.15, -0.1) is 0 Å². The molecule has 6 heteroatoms. The molecule has 0 fully saturated rings. The van der Waals surface area contributed by atoms with Crippen molar-refractivity contribution in [2.75, 3.05) is 19.8 Å². The highest BCUT2D eigenvalue weighted by atomic mass is 16.6. The molecule has 0 saturated carbocycles. The summed E-state index contributed by atoms with van der Waals surface area (Å²) >= 11 is 0. The van der Waals surface area contributed by atoms with Crippen molar-refractivity contribution in [3.8, 4) is 23.0 Å². The maximum atomic E-state index is 11.1. The average Bonchev–Trinajstić information content (AvgIpc) is 2.55. The number of carbonyl (C=O) groups excluding carboxylic acids is 1. The van der Waals surface area contributed by atoms with E-state index in [0.717, 1.165) is 0 Å². The molecule has 0 aliphatic heterocycles. The Morgan fingerprint density at radius 3 is 2.13 bits per heavy atom. The van der Waals surface area contributed by atoms with Gasteiger partial charge in [0.2, 0.25) is 0 Å². The molecule has 0 saturated heterocycles. The van der Waals surface area contributed by atoms with Crippen LogP contribution in [0.5, 0.6) is 23.0 Å². The summed E-state index contributed by atoms with van der Waals surface area (Å²) in [5, 5.41) is 11.7. The number of ether oxygens (including phenoxy) is 3. The molecular weight excluding hydrogens is 298 g/mol. The lowest BCUT2D eigenvalue weighted by Gasteiger charge is -2.09. The van der Waals surface area contributed by atoms with Crippen LogP contribution in [-0.2, 0) is 4.74 Å². The molecule has 2 aromatic rings. The number of hydrogen-bond acceptors (Lipinski definition) is 5. The van der Waals surface area contributed by atoms with Crippen molar-refractivity contribution in [2.45, 2.75) is 6.92 Å². The van der Waals surface area contributed by atoms with Crippen molar-refractivity contribution in [1.29, 1.82) is 0 Å². The summed E-state index contributed by atoms with van der Waals surface area (Å²) in [5.41, 5.74) is 0. The molecule has 0 atom stereocenters. The van der Waals surface area contributed by atoms with Gasteiger partial charge in [-0.25, -0.2) is 4.79 Å². The van der Waals surface area contributed by atoms with E-state index in [0.29, 0.717) is 23.8 Å². The zero-order valence-electron chi connectivity index (χ0n) is 12.8. The summed E-state index contributed by atoms with van der Waals surface area (Å²) < 4.78 is 16.0. The SMILES string of the molecule is CCNC(=O)OCCOc1ccc(Oc2ccc(O)cc2)cc1. The first-order valence-electron chi connectivity index (χ1n) is 7.27. The highest BCUT2D eigenvalue weighted by Crippen LogP contribution is 2.25. The van der Waals surface area contributed by atoms with Crippen LogP contribution in [0.25, 0.3) is 0 Å². The maximum Gasteiger partial charge on any atom is 0.407 e. The van der Waals surface area contributed by atoms with Gasteiger partial charge in [0.25, 0.3) is 0 Å². The molecule has 0 spiro atoms. The van der Waals surface area contributed by atoms with E-state index >= 15 is 0 Å². The van der Waals surface area contributed by atoms with Gasteiger partial charge in [-0.05, 0) is 55.5 Å². The largest absolute Gasteiger partial charge is 0.508 e. The standard InChI is InChI=1S/C17H19NO5/c1-2-18-17(20)22-12-11-21-14-7-9-16(10-8-14)23-15-5-3-13(19)4-6-15/h3-10,19H,2,11-12H2,1H3,(H,18,20). The Bertz CT molecular complexity index is 610. The summed E-state index contributed by atoms with van der Waals surface area (Å²) in [6, 6.07) is 13.5. The lowest BCUT2D eigenvalue weighted by Crippen LogP contribution is -2.25. The summed E-state index contributed by atoms with van der Waals surface area (Å²) in [6.45, 7) is 2.80. The van der Waals surface area contributed by atoms with Crippen molar-refractivity contribution >= 4 is 6.09 Å². The number of rotatable bonds is 7. The molecule has 0 bridgehead atoms. The van der Waals surface area contributed by atoms with Crippen LogP contribution in [0.3, 0.4) is 0 Å². The molecule has 0 radical (unpaired) electrons. The van der Waals surface area contributed by atoms with Gasteiger partial charge >= 0.3 is 6.09 Å². The first-order valence-corrected chi connectivity index (χ1v) is 7.27. The first-order chi connectivity index (χ1) is 11.2. The van der Waals surface area contributed by atoms with Crippen molar-refractivity contribution in [3.63, 3.8) is 0 Å². The Kier molecular flexibility index (Phi) is 6.11. The smallest absolute Gasteiger partial charge is 0.407 e. The lowest BCUT2D eigenvalue weighted by molar-refractivity contribution is 0.125. The third-order valence-electron chi connectivity index (χ3n) is 2.80. The number of phenols is 1. The number of aromatic hydroxyl groups is 1. The van der Waals surface area contributed by atoms with Gasteiger partial charge in [0, 0.05) is 6.54 Å². The summed E-state index contributed by atoms with van der Waals surface area (Å²) in [7, 11) is 0. The van der Waals surface area contributed by atoms with Crippen LogP contribution in [-0.4, -0.2) is 31.0 Å². The second kappa shape index (κ2) is 8.53. The van der Waals surface area contributed by atoms with E-state index in [1.165, 1.54) is 0 Å². The van der Waals surface area contributed by atoms with Gasteiger partial charge in [-0.1, -0.05) is 0 Å². The number of benzene rings is 2. The van der Waals surface area contributed by atoms with E-state index in [9.17, 15) is 9.90 Å². The zero-order valence-corrected chi connectivity index (χ0v) is 12.8. The maximum absolute atomic E-state index is 11.1. The number of nitrogens with one attached hydrogen (secondary N) is 1. The number of alkyl carbamates (subject to hydrolysis) is 1. The fraction of sp³-hybridized carbons (Fsp3) is 0.235. The van der Waals surface area contributed by atoms with Gasteiger partial charge < -0.3 is 24.6 Å². The molecule has 0 heterocycles. The van der Waals surface area contributed by atoms with E-state index in [1.807, 2.05) is 6.92 Å². The lowest BCUT2D eigenvalue weighted by atomic mass is 10.3. The monoisotopic (exact) mass is 317 g/mol. The summed E-state index contributed by atoms with van der Waals surface area (Å²) in [5.74, 6) is 2.13. The number of carbonyl (C=O) groups is 1. The van der Waals surface area contributed by atoms with Crippen molar-refractivity contribution in [2.24, 2.45) is 0 Å². The van der Waals surface area contributed by atoms with Crippen molar-refractivity contribution < 1.29 is 24.1 Å². The van der Waals surface area contributed by atoms with Gasteiger partial charge in [-0.2, -0.15) is 0 Å². The van der Waals surface area contributed by atoms with Crippen LogP contribution in [0.2, 0.25) is 0 Å². The Morgan fingerprint density at radius 2 is 1.52 bits per heavy atom. The molecule has 23 heavy (non-hydrogen) atoms. The van der Waals surface area contributed by atoms with E-state index in [2.05, 4.69) is 5.32 Å². The molecule has 2 N–H and O–H groups in total. The van der Waals surface area contributed by atoms with E-state index < -0.39 is 6.09 Å². The highest BCUT2D eigenvalue weighted by molar-refractivity contribution is 5.66. The molecular formula is C17H19NO5. The highest BCUT2D eigenvalue weighted by Gasteiger charge is 2.01. The number of amides is 1. The van der Waals surface area contributed by atoms with Gasteiger partial charge in [0.05, 0.1) is 0 Å². The van der Waals surface area contributed by atoms with Gasteiger partial charge in [0.15, 0.2) is 0 Å². The van der Waals surface area contributed by atoms with Crippen LogP contribution in [0.15, 0.2) is 48.5 Å². The minimum absolute atomic E-state index is 0.178. The third kappa shape index (κ3) is 5.78. The Balaban J connectivity index is 1.76. The normalized spacial score (nSPS) is 9.96. The fourth-order valence-corrected chi connectivity index (χ4v) is 1.74. The topological polar surface area (TPSA) is 77.0 Å². The molecule has 2 rings (SSSR count). The molecule has 2 aromatic carbocycles. The minimum Gasteiger partial charge on any atom is -0.508 e. The van der Waals surface area contributed by atoms with Crippen LogP contribution in [0, 0.1) is 0 Å². The van der Waals surface area contributed by atoms with Crippen LogP contribution in [0.1, 0.15) is 6.92 Å². The molecule has 0 aliphatic rings. The van der Waals surface area contributed by atoms with Crippen molar-refractivity contribution in [1.82, 2.24) is 5.32 Å². The zero-order chi connectivity index (χ0) is 16.5. The van der Waals surface area contributed by atoms with Crippen LogP contribution >= 0.6 is 0 Å². The molecule has 0 aromatic heterocycles. The minimum atomic E-state index is -0.450. The molecule has 0 unspecified atom stereocenters.